The number of benzene rings is 2. The molecule has 1 fully saturated rings. The molecule has 0 saturated heterocycles. The molecular weight excluding hydrogens is 408 g/mol. The molecule has 1 atom stereocenters. The fraction of sp³-hybridized carbons (Fsp3) is 0.462. The van der Waals surface area contributed by atoms with Crippen LogP contribution in [0.1, 0.15) is 66.7 Å². The van der Waals surface area contributed by atoms with Gasteiger partial charge >= 0.3 is 11.9 Å². The van der Waals surface area contributed by atoms with E-state index >= 15 is 0 Å². The van der Waals surface area contributed by atoms with Crippen molar-refractivity contribution >= 4 is 11.9 Å². The Morgan fingerprint density at radius 1 is 0.781 bits per heavy atom. The monoisotopic (exact) mass is 440 g/mol. The first-order valence-electron chi connectivity index (χ1n) is 11.4. The van der Waals surface area contributed by atoms with Crippen LogP contribution in [-0.2, 0) is 9.47 Å². The molecule has 0 radical (unpaired) electrons. The fourth-order valence-corrected chi connectivity index (χ4v) is 3.93. The van der Waals surface area contributed by atoms with Gasteiger partial charge in [0.1, 0.15) is 24.2 Å². The van der Waals surface area contributed by atoms with E-state index in [2.05, 4.69) is 0 Å². The van der Waals surface area contributed by atoms with Gasteiger partial charge in [0, 0.05) is 0 Å². The molecule has 1 aliphatic rings. The van der Waals surface area contributed by atoms with E-state index in [9.17, 15) is 9.59 Å². The zero-order valence-corrected chi connectivity index (χ0v) is 18.9. The smallest absolute Gasteiger partial charge is 0.338 e. The molecule has 1 aliphatic carbocycles. The first-order valence-corrected chi connectivity index (χ1v) is 11.4. The molecule has 0 aliphatic heterocycles. The molecule has 1 saturated carbocycles. The molecular formula is C26H32O6. The Kier molecular flexibility index (Phi) is 8.96. The standard InChI is InChI=1S/C26H32O6/c1-3-29-22-14-10-20(11-15-22)25(27)31-18-24(19-8-6-5-7-9-19)32-26(28)21-12-16-23(17-13-21)30-4-2/h10-17,19,24H,3-9,18H2,1-2H3. The summed E-state index contributed by atoms with van der Waals surface area (Å²) in [5.41, 5.74) is 0.890. The summed E-state index contributed by atoms with van der Waals surface area (Å²) in [7, 11) is 0. The molecule has 1 unspecified atom stereocenters. The van der Waals surface area contributed by atoms with Gasteiger partial charge in [0.2, 0.25) is 0 Å². The van der Waals surface area contributed by atoms with Crippen LogP contribution in [0.5, 0.6) is 11.5 Å². The van der Waals surface area contributed by atoms with E-state index in [4.69, 9.17) is 18.9 Å². The van der Waals surface area contributed by atoms with Crippen molar-refractivity contribution in [2.45, 2.75) is 52.1 Å². The lowest BCUT2D eigenvalue weighted by atomic mass is 9.85. The molecule has 32 heavy (non-hydrogen) atoms. The van der Waals surface area contributed by atoms with Gasteiger partial charge in [0.25, 0.3) is 0 Å². The third kappa shape index (κ3) is 6.74. The second-order valence-electron chi connectivity index (χ2n) is 7.86. The summed E-state index contributed by atoms with van der Waals surface area (Å²) in [5.74, 6) is 0.737. The van der Waals surface area contributed by atoms with E-state index in [-0.39, 0.29) is 12.5 Å². The Hall–Kier alpha value is -3.02. The predicted octanol–water partition coefficient (Wildman–Crippen LogP) is 5.45. The van der Waals surface area contributed by atoms with Crippen molar-refractivity contribution in [2.75, 3.05) is 19.8 Å². The van der Waals surface area contributed by atoms with Gasteiger partial charge in [-0.05, 0) is 81.1 Å². The summed E-state index contributed by atoms with van der Waals surface area (Å²) in [6.45, 7) is 4.98. The number of ether oxygens (including phenoxy) is 4. The van der Waals surface area contributed by atoms with E-state index in [0.29, 0.717) is 35.8 Å². The highest BCUT2D eigenvalue weighted by Crippen LogP contribution is 2.29. The second kappa shape index (κ2) is 12.1. The van der Waals surface area contributed by atoms with E-state index in [1.807, 2.05) is 13.8 Å². The highest BCUT2D eigenvalue weighted by molar-refractivity contribution is 5.90. The Morgan fingerprint density at radius 3 is 1.78 bits per heavy atom. The molecule has 2 aromatic rings. The van der Waals surface area contributed by atoms with Crippen LogP contribution in [0.2, 0.25) is 0 Å². The summed E-state index contributed by atoms with van der Waals surface area (Å²) in [6.07, 6.45) is 4.82. The van der Waals surface area contributed by atoms with Crippen molar-refractivity contribution in [1.82, 2.24) is 0 Å². The Labute approximate surface area is 189 Å². The van der Waals surface area contributed by atoms with Gasteiger partial charge in [-0.15, -0.1) is 0 Å². The van der Waals surface area contributed by atoms with Crippen LogP contribution < -0.4 is 9.47 Å². The molecule has 6 nitrogen and oxygen atoms in total. The number of hydrogen-bond donors (Lipinski definition) is 0. The minimum Gasteiger partial charge on any atom is -0.494 e. The summed E-state index contributed by atoms with van der Waals surface area (Å²) >= 11 is 0. The lowest BCUT2D eigenvalue weighted by molar-refractivity contribution is -0.0247. The van der Waals surface area contributed by atoms with Crippen LogP contribution in [-0.4, -0.2) is 37.9 Å². The Bertz CT molecular complexity index is 853. The zero-order chi connectivity index (χ0) is 22.8. The van der Waals surface area contributed by atoms with Crippen molar-refractivity contribution in [3.05, 3.63) is 59.7 Å². The maximum absolute atomic E-state index is 12.8. The van der Waals surface area contributed by atoms with Gasteiger partial charge in [-0.25, -0.2) is 9.59 Å². The third-order valence-corrected chi connectivity index (χ3v) is 5.61. The number of esters is 2. The van der Waals surface area contributed by atoms with Crippen molar-refractivity contribution in [3.63, 3.8) is 0 Å². The molecule has 172 valence electrons. The summed E-state index contributed by atoms with van der Waals surface area (Å²) < 4.78 is 22.2. The second-order valence-corrected chi connectivity index (χ2v) is 7.86. The zero-order valence-electron chi connectivity index (χ0n) is 18.9. The van der Waals surface area contributed by atoms with Crippen molar-refractivity contribution in [2.24, 2.45) is 5.92 Å². The average Bonchev–Trinajstić information content (AvgIpc) is 2.83. The summed E-state index contributed by atoms with van der Waals surface area (Å²) in [4.78, 5) is 25.3. The van der Waals surface area contributed by atoms with E-state index in [0.717, 1.165) is 25.7 Å². The molecule has 0 heterocycles. The Balaban J connectivity index is 1.63. The largest absolute Gasteiger partial charge is 0.494 e. The van der Waals surface area contributed by atoms with Crippen molar-refractivity contribution in [1.29, 1.82) is 0 Å². The molecule has 0 bridgehead atoms. The van der Waals surface area contributed by atoms with Crippen LogP contribution in [0.15, 0.2) is 48.5 Å². The minimum absolute atomic E-state index is 0.0412. The fourth-order valence-electron chi connectivity index (χ4n) is 3.93. The first-order chi connectivity index (χ1) is 15.6. The predicted molar refractivity (Wildman–Crippen MR) is 121 cm³/mol. The van der Waals surface area contributed by atoms with Crippen LogP contribution in [0, 0.1) is 5.92 Å². The molecule has 0 N–H and O–H groups in total. The number of carbonyl (C=O) groups excluding carboxylic acids is 2. The lowest BCUT2D eigenvalue weighted by Crippen LogP contribution is -2.33. The molecule has 0 amide bonds. The minimum atomic E-state index is -0.471. The average molecular weight is 441 g/mol. The number of carbonyl (C=O) groups is 2. The molecule has 0 aromatic heterocycles. The summed E-state index contributed by atoms with van der Waals surface area (Å²) in [6, 6.07) is 13.7. The van der Waals surface area contributed by atoms with Gasteiger partial charge in [-0.3, -0.25) is 0 Å². The van der Waals surface area contributed by atoms with Gasteiger partial charge in [-0.2, -0.15) is 0 Å². The van der Waals surface area contributed by atoms with E-state index in [1.165, 1.54) is 6.42 Å². The highest BCUT2D eigenvalue weighted by atomic mass is 16.6. The maximum atomic E-state index is 12.8. The highest BCUT2D eigenvalue weighted by Gasteiger charge is 2.29. The van der Waals surface area contributed by atoms with Gasteiger partial charge in [0.15, 0.2) is 0 Å². The molecule has 3 rings (SSSR count). The topological polar surface area (TPSA) is 71.1 Å². The number of hydrogen-bond acceptors (Lipinski definition) is 6. The Morgan fingerprint density at radius 2 is 1.28 bits per heavy atom. The van der Waals surface area contributed by atoms with Crippen LogP contribution in [0.4, 0.5) is 0 Å². The first kappa shape index (κ1) is 23.6. The van der Waals surface area contributed by atoms with Crippen LogP contribution >= 0.6 is 0 Å². The van der Waals surface area contributed by atoms with Gasteiger partial charge in [0.05, 0.1) is 24.3 Å². The molecule has 6 heteroatoms. The molecule has 2 aromatic carbocycles. The normalized spacial score (nSPS) is 14.9. The van der Waals surface area contributed by atoms with Crippen molar-refractivity contribution < 1.29 is 28.5 Å². The number of rotatable bonds is 10. The van der Waals surface area contributed by atoms with Crippen molar-refractivity contribution in [3.8, 4) is 11.5 Å². The van der Waals surface area contributed by atoms with Gasteiger partial charge < -0.3 is 18.9 Å². The van der Waals surface area contributed by atoms with Gasteiger partial charge in [-0.1, -0.05) is 19.3 Å². The van der Waals surface area contributed by atoms with E-state index in [1.54, 1.807) is 48.5 Å². The summed E-state index contributed by atoms with van der Waals surface area (Å²) in [5, 5.41) is 0. The maximum Gasteiger partial charge on any atom is 0.338 e. The lowest BCUT2D eigenvalue weighted by Gasteiger charge is -2.29. The quantitative estimate of drug-likeness (QED) is 0.458. The van der Waals surface area contributed by atoms with E-state index < -0.39 is 18.0 Å². The SMILES string of the molecule is CCOc1ccc(C(=O)OCC(OC(=O)c2ccc(OCC)cc2)C2CCCCC2)cc1. The van der Waals surface area contributed by atoms with Crippen LogP contribution in [0.25, 0.3) is 0 Å². The molecule has 0 spiro atoms. The van der Waals surface area contributed by atoms with Crippen LogP contribution in [0.3, 0.4) is 0 Å². The third-order valence-electron chi connectivity index (χ3n) is 5.61.